The molecule has 2 fully saturated rings. The predicted octanol–water partition coefficient (Wildman–Crippen LogP) is 1.40. The van der Waals surface area contributed by atoms with Gasteiger partial charge in [0.25, 0.3) is 5.91 Å². The Morgan fingerprint density at radius 3 is 2.55 bits per heavy atom. The number of hydrogen-bond donors (Lipinski definition) is 4. The Bertz CT molecular complexity index is 1250. The van der Waals surface area contributed by atoms with Gasteiger partial charge >= 0.3 is 6.09 Å². The van der Waals surface area contributed by atoms with Gasteiger partial charge in [0.15, 0.2) is 29.3 Å². The molecule has 4 atom stereocenters. The molecule has 13 heteroatoms. The van der Waals surface area contributed by atoms with Gasteiger partial charge in [0, 0.05) is 32.1 Å². The van der Waals surface area contributed by atoms with Gasteiger partial charge < -0.3 is 35.2 Å². The highest BCUT2D eigenvalue weighted by Gasteiger charge is 2.47. The second kappa shape index (κ2) is 13.3. The molecule has 4 N–H and O–H groups in total. The molecule has 0 spiro atoms. The molecule has 0 bridgehead atoms. The monoisotopic (exact) mass is 557 g/mol. The number of aliphatic hydroxyl groups is 2. The quantitative estimate of drug-likeness (QED) is 0.349. The second-order valence-electron chi connectivity index (χ2n) is 10.1. The van der Waals surface area contributed by atoms with E-state index in [4.69, 9.17) is 9.47 Å². The van der Waals surface area contributed by atoms with Gasteiger partial charge in [-0.1, -0.05) is 19.8 Å². The first-order valence-corrected chi connectivity index (χ1v) is 13.9. The lowest BCUT2D eigenvalue weighted by atomic mass is 9.94. The zero-order valence-corrected chi connectivity index (χ0v) is 23.5. The number of amides is 2. The molecule has 218 valence electrons. The van der Waals surface area contributed by atoms with E-state index in [2.05, 4.69) is 51.3 Å². The summed E-state index contributed by atoms with van der Waals surface area (Å²) in [4.78, 5) is 39.6. The lowest BCUT2D eigenvalue weighted by Gasteiger charge is -2.29. The van der Waals surface area contributed by atoms with E-state index in [9.17, 15) is 19.8 Å². The first-order valence-electron chi connectivity index (χ1n) is 13.9. The first kappa shape index (κ1) is 29.5. The second-order valence-corrected chi connectivity index (χ2v) is 10.1. The van der Waals surface area contributed by atoms with E-state index in [0.717, 1.165) is 25.7 Å². The highest BCUT2D eigenvalue weighted by atomic mass is 16.6. The van der Waals surface area contributed by atoms with Crippen molar-refractivity contribution in [2.75, 3.05) is 32.1 Å². The fourth-order valence-corrected chi connectivity index (χ4v) is 5.05. The Labute approximate surface area is 233 Å². The molecule has 2 aliphatic heterocycles. The van der Waals surface area contributed by atoms with Crippen LogP contribution in [-0.2, 0) is 14.3 Å². The summed E-state index contributed by atoms with van der Waals surface area (Å²) in [6.07, 6.45) is 0.118. The number of methoxy groups -OCH3 is 1. The standard InChI is InChI=1S/C27H39N7O6/c1-5-17(6-2)30-23-19-24(34(15-29-19)26-21(36)20(35)22(40-26)25(37)28-7-3)32-18(31-23)10-8-9-16-11-13-33(14-12-16)27(38)39-4/h15-17,20-22,26,35-36H,5-7,9,11-14H2,1-4H3,(H,28,37)(H,30,31,32)/t20?,21?,22-,26+/m0/s1. The van der Waals surface area contributed by atoms with E-state index >= 15 is 0 Å². The van der Waals surface area contributed by atoms with Gasteiger partial charge in [0.05, 0.1) is 13.4 Å². The largest absolute Gasteiger partial charge is 0.453 e. The smallest absolute Gasteiger partial charge is 0.409 e. The lowest BCUT2D eigenvalue weighted by molar-refractivity contribution is -0.137. The average molecular weight is 558 g/mol. The number of nitrogens with zero attached hydrogens (tertiary/aromatic N) is 5. The molecule has 0 saturated carbocycles. The van der Waals surface area contributed by atoms with Gasteiger partial charge in [0.2, 0.25) is 5.82 Å². The van der Waals surface area contributed by atoms with Crippen LogP contribution in [0.5, 0.6) is 0 Å². The minimum absolute atomic E-state index is 0.154. The third-order valence-electron chi connectivity index (χ3n) is 7.51. The van der Waals surface area contributed by atoms with Crippen LogP contribution in [0.4, 0.5) is 10.6 Å². The number of hydrogen-bond acceptors (Lipinski definition) is 10. The van der Waals surface area contributed by atoms with Crippen molar-refractivity contribution in [3.05, 3.63) is 12.2 Å². The van der Waals surface area contributed by atoms with Crippen molar-refractivity contribution in [3.8, 4) is 11.8 Å². The summed E-state index contributed by atoms with van der Waals surface area (Å²) in [6, 6.07) is 0.154. The molecule has 0 aromatic carbocycles. The molecule has 2 unspecified atom stereocenters. The normalized spacial score (nSPS) is 23.2. The molecule has 13 nitrogen and oxygen atoms in total. The maximum atomic E-state index is 12.4. The number of carbonyl (C=O) groups excluding carboxylic acids is 2. The molecule has 2 aliphatic rings. The first-order chi connectivity index (χ1) is 19.3. The Morgan fingerprint density at radius 2 is 1.90 bits per heavy atom. The maximum Gasteiger partial charge on any atom is 0.409 e. The highest BCUT2D eigenvalue weighted by molar-refractivity contribution is 5.84. The lowest BCUT2D eigenvalue weighted by Crippen LogP contribution is -2.42. The minimum Gasteiger partial charge on any atom is -0.453 e. The number of piperidine rings is 1. The Kier molecular flexibility index (Phi) is 9.78. The van der Waals surface area contributed by atoms with Crippen LogP contribution in [0, 0.1) is 17.8 Å². The predicted molar refractivity (Wildman–Crippen MR) is 146 cm³/mol. The number of imidazole rings is 1. The van der Waals surface area contributed by atoms with E-state index in [1.807, 2.05) is 0 Å². The third-order valence-corrected chi connectivity index (χ3v) is 7.51. The Balaban J connectivity index is 1.60. The molecule has 4 rings (SSSR count). The molecule has 0 radical (unpaired) electrons. The van der Waals surface area contributed by atoms with Gasteiger partial charge in [0.1, 0.15) is 12.2 Å². The number of likely N-dealkylation sites (N-methyl/N-ethyl adjacent to an activating group) is 1. The van der Waals surface area contributed by atoms with Gasteiger partial charge in [-0.05, 0) is 44.4 Å². The fourth-order valence-electron chi connectivity index (χ4n) is 5.05. The number of carbonyl (C=O) groups is 2. The van der Waals surface area contributed by atoms with E-state index in [1.165, 1.54) is 18.0 Å². The average Bonchev–Trinajstić information content (AvgIpc) is 3.52. The van der Waals surface area contributed by atoms with Crippen molar-refractivity contribution >= 4 is 29.0 Å². The van der Waals surface area contributed by atoms with Crippen molar-refractivity contribution in [3.63, 3.8) is 0 Å². The van der Waals surface area contributed by atoms with Gasteiger partial charge in [-0.15, -0.1) is 0 Å². The maximum absolute atomic E-state index is 12.4. The summed E-state index contributed by atoms with van der Waals surface area (Å²) >= 11 is 0. The van der Waals surface area contributed by atoms with Crippen LogP contribution in [0.2, 0.25) is 0 Å². The van der Waals surface area contributed by atoms with E-state index < -0.39 is 30.4 Å². The van der Waals surface area contributed by atoms with E-state index in [-0.39, 0.29) is 18.0 Å². The number of nitrogens with one attached hydrogen (secondary N) is 2. The van der Waals surface area contributed by atoms with Crippen LogP contribution in [0.25, 0.3) is 11.2 Å². The number of aromatic nitrogens is 4. The van der Waals surface area contributed by atoms with Crippen LogP contribution in [0.15, 0.2) is 6.33 Å². The van der Waals surface area contributed by atoms with Crippen LogP contribution >= 0.6 is 0 Å². The minimum atomic E-state index is -1.41. The molecule has 40 heavy (non-hydrogen) atoms. The molecule has 2 amide bonds. The van der Waals surface area contributed by atoms with Crippen molar-refractivity contribution in [1.82, 2.24) is 29.7 Å². The molecule has 0 aliphatic carbocycles. The van der Waals surface area contributed by atoms with Gasteiger partial charge in [-0.25, -0.2) is 19.7 Å². The topological polar surface area (TPSA) is 164 Å². The number of aliphatic hydroxyl groups excluding tert-OH is 2. The number of fused-ring (bicyclic) bond motifs is 1. The SMILES string of the molecule is CCNC(=O)[C@H]1O[C@@H](n2cnc3c(NC(CC)CC)nc(C#CCC4CCN(C(=O)OC)CC4)nc32)C(O)C1O. The summed E-state index contributed by atoms with van der Waals surface area (Å²) in [6.45, 7) is 7.56. The summed E-state index contributed by atoms with van der Waals surface area (Å²) in [7, 11) is 1.39. The highest BCUT2D eigenvalue weighted by Crippen LogP contribution is 2.33. The Morgan fingerprint density at radius 1 is 1.18 bits per heavy atom. The number of likely N-dealkylation sites (tertiary alicyclic amines) is 1. The summed E-state index contributed by atoms with van der Waals surface area (Å²) in [5.74, 6) is 6.91. The number of ether oxygens (including phenoxy) is 2. The van der Waals surface area contributed by atoms with Crippen LogP contribution < -0.4 is 10.6 Å². The number of rotatable bonds is 8. The summed E-state index contributed by atoms with van der Waals surface area (Å²) in [5, 5.41) is 27.3. The summed E-state index contributed by atoms with van der Waals surface area (Å²) < 4.78 is 12.1. The van der Waals surface area contributed by atoms with Crippen molar-refractivity contribution in [1.29, 1.82) is 0 Å². The zero-order valence-electron chi connectivity index (χ0n) is 23.5. The molecule has 2 aromatic heterocycles. The number of anilines is 1. The van der Waals surface area contributed by atoms with Crippen molar-refractivity contribution in [2.24, 2.45) is 5.92 Å². The molecule has 4 heterocycles. The van der Waals surface area contributed by atoms with Crippen LogP contribution in [0.3, 0.4) is 0 Å². The zero-order chi connectivity index (χ0) is 28.8. The molecule has 2 aromatic rings. The fraction of sp³-hybridized carbons (Fsp3) is 0.667. The molecular formula is C27H39N7O6. The van der Waals surface area contributed by atoms with E-state index in [0.29, 0.717) is 49.0 Å². The van der Waals surface area contributed by atoms with Crippen LogP contribution in [0.1, 0.15) is 64.9 Å². The molecular weight excluding hydrogens is 518 g/mol. The summed E-state index contributed by atoms with van der Waals surface area (Å²) in [5.41, 5.74) is 0.839. The van der Waals surface area contributed by atoms with E-state index in [1.54, 1.807) is 11.8 Å². The van der Waals surface area contributed by atoms with Crippen molar-refractivity contribution in [2.45, 2.75) is 83.5 Å². The van der Waals surface area contributed by atoms with Crippen molar-refractivity contribution < 1.29 is 29.3 Å². The molecule has 2 saturated heterocycles. The van der Waals surface area contributed by atoms with Gasteiger partial charge in [-0.2, -0.15) is 0 Å². The van der Waals surface area contributed by atoms with Gasteiger partial charge in [-0.3, -0.25) is 9.36 Å². The van der Waals surface area contributed by atoms with Crippen LogP contribution in [-0.4, -0.2) is 97.7 Å². The Hall–Kier alpha value is -3.47. The third kappa shape index (κ3) is 6.29.